The minimum atomic E-state index is -0.812. The van der Waals surface area contributed by atoms with E-state index in [2.05, 4.69) is 5.32 Å². The summed E-state index contributed by atoms with van der Waals surface area (Å²) in [5.74, 6) is -1.40. The van der Waals surface area contributed by atoms with Gasteiger partial charge in [-0.05, 0) is 39.8 Å². The van der Waals surface area contributed by atoms with E-state index in [4.69, 9.17) is 9.47 Å². The molecule has 1 aromatic rings. The predicted molar refractivity (Wildman–Crippen MR) is 72.8 cm³/mol. The summed E-state index contributed by atoms with van der Waals surface area (Å²) in [7, 11) is 1.29. The molecule has 0 heterocycles. The molecule has 0 aromatic heterocycles. The summed E-state index contributed by atoms with van der Waals surface area (Å²) in [5, 5.41) is 2.36. The molecular formula is C14H18FNO4. The molecule has 110 valence electrons. The van der Waals surface area contributed by atoms with Gasteiger partial charge in [-0.2, -0.15) is 0 Å². The van der Waals surface area contributed by atoms with E-state index in [9.17, 15) is 14.0 Å². The van der Waals surface area contributed by atoms with Crippen molar-refractivity contribution in [1.29, 1.82) is 0 Å². The van der Waals surface area contributed by atoms with Crippen LogP contribution in [-0.4, -0.2) is 24.6 Å². The van der Waals surface area contributed by atoms with Gasteiger partial charge in [0, 0.05) is 0 Å². The molecule has 1 rings (SSSR count). The second-order valence-electron chi connectivity index (χ2n) is 5.19. The first kappa shape index (κ1) is 15.9. The van der Waals surface area contributed by atoms with Crippen LogP contribution in [0.1, 0.15) is 38.1 Å². The summed E-state index contributed by atoms with van der Waals surface area (Å²) in [6.07, 6.45) is -0.760. The van der Waals surface area contributed by atoms with E-state index >= 15 is 0 Å². The number of nitrogens with one attached hydrogen (secondary N) is 1. The molecule has 0 atom stereocenters. The molecule has 0 bridgehead atoms. The average Bonchev–Trinajstić information content (AvgIpc) is 2.25. The van der Waals surface area contributed by atoms with E-state index in [1.54, 1.807) is 20.8 Å². The molecule has 6 heteroatoms. The molecular weight excluding hydrogens is 265 g/mol. The maximum Gasteiger partial charge on any atom is 0.412 e. The Bertz CT molecular complexity index is 535. The maximum absolute atomic E-state index is 14.0. The van der Waals surface area contributed by atoms with Gasteiger partial charge in [0.1, 0.15) is 5.60 Å². The number of ketones is 1. The summed E-state index contributed by atoms with van der Waals surface area (Å²) in [5.41, 5.74) is -0.883. The highest BCUT2D eigenvalue weighted by atomic mass is 19.1. The van der Waals surface area contributed by atoms with Crippen LogP contribution in [0, 0.1) is 5.82 Å². The Morgan fingerprint density at radius 3 is 2.30 bits per heavy atom. The summed E-state index contributed by atoms with van der Waals surface area (Å²) >= 11 is 0. The number of carbonyl (C=O) groups excluding carboxylic acids is 2. The summed E-state index contributed by atoms with van der Waals surface area (Å²) in [4.78, 5) is 23.2. The van der Waals surface area contributed by atoms with E-state index in [0.717, 1.165) is 0 Å². The maximum atomic E-state index is 14.0. The molecule has 0 fully saturated rings. The van der Waals surface area contributed by atoms with Crippen molar-refractivity contribution in [3.8, 4) is 5.75 Å². The molecule has 1 N–H and O–H groups in total. The van der Waals surface area contributed by atoms with Gasteiger partial charge in [-0.25, -0.2) is 9.18 Å². The Balaban J connectivity index is 3.10. The van der Waals surface area contributed by atoms with Crippen LogP contribution < -0.4 is 10.1 Å². The average molecular weight is 283 g/mol. The number of rotatable bonds is 3. The van der Waals surface area contributed by atoms with Crippen LogP contribution in [0.5, 0.6) is 5.75 Å². The highest BCUT2D eigenvalue weighted by molar-refractivity contribution is 6.03. The Kier molecular flexibility index (Phi) is 4.70. The first-order valence-corrected chi connectivity index (χ1v) is 6.03. The number of amides is 1. The topological polar surface area (TPSA) is 64.6 Å². The Morgan fingerprint density at radius 2 is 1.85 bits per heavy atom. The molecule has 5 nitrogen and oxygen atoms in total. The predicted octanol–water partition coefficient (Wildman–Crippen LogP) is 3.38. The molecule has 1 aromatic carbocycles. The minimum Gasteiger partial charge on any atom is -0.494 e. The van der Waals surface area contributed by atoms with Gasteiger partial charge in [-0.1, -0.05) is 0 Å². The fraction of sp³-hybridized carbons (Fsp3) is 0.429. The van der Waals surface area contributed by atoms with Crippen LogP contribution in [0.3, 0.4) is 0 Å². The molecule has 0 aliphatic heterocycles. The lowest BCUT2D eigenvalue weighted by molar-refractivity contribution is 0.0636. The van der Waals surface area contributed by atoms with Gasteiger partial charge < -0.3 is 9.47 Å². The van der Waals surface area contributed by atoms with Crippen molar-refractivity contribution in [3.05, 3.63) is 23.5 Å². The zero-order valence-electron chi connectivity index (χ0n) is 12.2. The minimum absolute atomic E-state index is 0.0463. The van der Waals surface area contributed by atoms with Crippen molar-refractivity contribution in [2.45, 2.75) is 33.3 Å². The number of hydrogen-bond acceptors (Lipinski definition) is 4. The lowest BCUT2D eigenvalue weighted by Crippen LogP contribution is -2.27. The number of hydrogen-bond donors (Lipinski definition) is 1. The van der Waals surface area contributed by atoms with Crippen LogP contribution in [0.15, 0.2) is 12.1 Å². The Hall–Kier alpha value is -2.11. The third-order valence-corrected chi connectivity index (χ3v) is 2.31. The van der Waals surface area contributed by atoms with Crippen LogP contribution in [-0.2, 0) is 4.74 Å². The fourth-order valence-electron chi connectivity index (χ4n) is 1.58. The largest absolute Gasteiger partial charge is 0.494 e. The van der Waals surface area contributed by atoms with E-state index in [0.29, 0.717) is 0 Å². The Morgan fingerprint density at radius 1 is 1.25 bits per heavy atom. The number of anilines is 1. The molecule has 1 amide bonds. The number of halogens is 1. The number of ether oxygens (including phenoxy) is 2. The highest BCUT2D eigenvalue weighted by Crippen LogP contribution is 2.28. The number of methoxy groups -OCH3 is 1. The van der Waals surface area contributed by atoms with E-state index in [1.807, 2.05) is 0 Å². The van der Waals surface area contributed by atoms with Gasteiger partial charge >= 0.3 is 6.09 Å². The first-order valence-electron chi connectivity index (χ1n) is 6.03. The molecule has 0 aliphatic carbocycles. The van der Waals surface area contributed by atoms with Crippen LogP contribution in [0.4, 0.5) is 14.9 Å². The monoisotopic (exact) mass is 283 g/mol. The van der Waals surface area contributed by atoms with Crippen molar-refractivity contribution in [2.75, 3.05) is 12.4 Å². The number of Topliss-reactive ketones (excluding diaryl/α,β-unsaturated/α-hetero) is 1. The highest BCUT2D eigenvalue weighted by Gasteiger charge is 2.21. The second kappa shape index (κ2) is 5.90. The van der Waals surface area contributed by atoms with E-state index in [-0.39, 0.29) is 17.0 Å². The summed E-state index contributed by atoms with van der Waals surface area (Å²) in [6.45, 7) is 6.31. The zero-order chi connectivity index (χ0) is 15.5. The molecule has 0 spiro atoms. The van der Waals surface area contributed by atoms with Crippen LogP contribution in [0.25, 0.3) is 0 Å². The molecule has 0 aliphatic rings. The van der Waals surface area contributed by atoms with Gasteiger partial charge in [-0.3, -0.25) is 10.1 Å². The van der Waals surface area contributed by atoms with Gasteiger partial charge in [-0.15, -0.1) is 0 Å². The quantitative estimate of drug-likeness (QED) is 0.864. The summed E-state index contributed by atoms with van der Waals surface area (Å²) < 4.78 is 23.9. The van der Waals surface area contributed by atoms with E-state index < -0.39 is 23.3 Å². The van der Waals surface area contributed by atoms with Crippen LogP contribution in [0.2, 0.25) is 0 Å². The Labute approximate surface area is 117 Å². The number of carbonyl (C=O) groups is 2. The summed E-state index contributed by atoms with van der Waals surface area (Å²) in [6, 6.07) is 2.72. The standard InChI is InChI=1S/C14H18FNO4/c1-8(17)11-9(6-7-10(19-5)12(11)15)16-13(18)20-14(2,3)4/h6-7H,1-5H3,(H,16,18). The van der Waals surface area contributed by atoms with Gasteiger partial charge in [0.05, 0.1) is 18.4 Å². The molecule has 0 saturated carbocycles. The lowest BCUT2D eigenvalue weighted by Gasteiger charge is -2.20. The third kappa shape index (κ3) is 3.94. The molecule has 20 heavy (non-hydrogen) atoms. The van der Waals surface area contributed by atoms with Crippen molar-refractivity contribution in [1.82, 2.24) is 0 Å². The molecule has 0 saturated heterocycles. The smallest absolute Gasteiger partial charge is 0.412 e. The molecule has 0 unspecified atom stereocenters. The molecule has 0 radical (unpaired) electrons. The van der Waals surface area contributed by atoms with Crippen LogP contribution >= 0.6 is 0 Å². The first-order chi connectivity index (χ1) is 9.15. The van der Waals surface area contributed by atoms with Gasteiger partial charge in [0.25, 0.3) is 0 Å². The van der Waals surface area contributed by atoms with E-state index in [1.165, 1.54) is 26.2 Å². The van der Waals surface area contributed by atoms with Crippen molar-refractivity contribution < 1.29 is 23.5 Å². The number of benzene rings is 1. The van der Waals surface area contributed by atoms with Gasteiger partial charge in [0.15, 0.2) is 17.3 Å². The fourth-order valence-corrected chi connectivity index (χ4v) is 1.58. The van der Waals surface area contributed by atoms with Crippen molar-refractivity contribution in [3.63, 3.8) is 0 Å². The van der Waals surface area contributed by atoms with Crippen molar-refractivity contribution >= 4 is 17.6 Å². The second-order valence-corrected chi connectivity index (χ2v) is 5.19. The normalized spacial score (nSPS) is 10.9. The zero-order valence-corrected chi connectivity index (χ0v) is 12.2. The van der Waals surface area contributed by atoms with Crippen molar-refractivity contribution in [2.24, 2.45) is 0 Å². The lowest BCUT2D eigenvalue weighted by atomic mass is 10.1. The van der Waals surface area contributed by atoms with Gasteiger partial charge in [0.2, 0.25) is 0 Å². The SMILES string of the molecule is COc1ccc(NC(=O)OC(C)(C)C)c(C(C)=O)c1F. The third-order valence-electron chi connectivity index (χ3n) is 2.31.